The fourth-order valence-electron chi connectivity index (χ4n) is 0.878. The summed E-state index contributed by atoms with van der Waals surface area (Å²) >= 11 is 0. The van der Waals surface area contributed by atoms with Gasteiger partial charge in [-0.3, -0.25) is 0 Å². The minimum absolute atomic E-state index is 0. The minimum Gasteiger partial charge on any atom is -0.322 e. The van der Waals surface area contributed by atoms with Crippen LogP contribution >= 0.6 is 12.4 Å². The third-order valence-corrected chi connectivity index (χ3v) is 1.60. The zero-order chi connectivity index (χ0) is 10.0. The number of alkyl halides is 1. The van der Waals surface area contributed by atoms with Crippen molar-refractivity contribution in [3.63, 3.8) is 0 Å². The van der Waals surface area contributed by atoms with Gasteiger partial charge in [0, 0.05) is 0 Å². The van der Waals surface area contributed by atoms with Crippen LogP contribution in [0, 0.1) is 17.5 Å². The van der Waals surface area contributed by atoms with Crippen LogP contribution < -0.4 is 5.73 Å². The van der Waals surface area contributed by atoms with Crippen molar-refractivity contribution in [2.75, 3.05) is 6.67 Å². The summed E-state index contributed by atoms with van der Waals surface area (Å²) in [5, 5.41) is 0. The molecular weight excluding hydrogens is 222 g/mol. The van der Waals surface area contributed by atoms with Gasteiger partial charge in [-0.1, -0.05) is 0 Å². The number of rotatable bonds is 2. The average molecular weight is 230 g/mol. The second kappa shape index (κ2) is 5.17. The highest BCUT2D eigenvalue weighted by molar-refractivity contribution is 5.85. The quantitative estimate of drug-likeness (QED) is 0.612. The predicted octanol–water partition coefficient (Wildman–Crippen LogP) is 2.50. The first kappa shape index (κ1) is 13.2. The van der Waals surface area contributed by atoms with Crippen molar-refractivity contribution < 1.29 is 17.6 Å². The predicted molar refractivity (Wildman–Crippen MR) is 46.5 cm³/mol. The van der Waals surface area contributed by atoms with E-state index in [9.17, 15) is 17.6 Å². The van der Waals surface area contributed by atoms with Crippen LogP contribution in [0.1, 0.15) is 11.6 Å². The summed E-state index contributed by atoms with van der Waals surface area (Å²) in [6, 6.07) is 0.246. The molecule has 0 aliphatic rings. The van der Waals surface area contributed by atoms with Crippen molar-refractivity contribution in [1.82, 2.24) is 0 Å². The maximum absolute atomic E-state index is 12.5. The van der Waals surface area contributed by atoms with E-state index >= 15 is 0 Å². The van der Waals surface area contributed by atoms with Crippen molar-refractivity contribution >= 4 is 12.4 Å². The summed E-state index contributed by atoms with van der Waals surface area (Å²) in [4.78, 5) is 0. The van der Waals surface area contributed by atoms with Crippen LogP contribution in [0.2, 0.25) is 0 Å². The highest BCUT2D eigenvalue weighted by Gasteiger charge is 2.14. The molecule has 0 bridgehead atoms. The summed E-state index contributed by atoms with van der Waals surface area (Å²) in [5.74, 6) is -4.30. The molecule has 0 aliphatic heterocycles. The van der Waals surface area contributed by atoms with E-state index in [0.29, 0.717) is 12.1 Å². The first-order chi connectivity index (χ1) is 6.06. The smallest absolute Gasteiger partial charge is 0.194 e. The van der Waals surface area contributed by atoms with E-state index < -0.39 is 30.2 Å². The molecule has 0 aromatic heterocycles. The molecule has 14 heavy (non-hydrogen) atoms. The van der Waals surface area contributed by atoms with E-state index in [2.05, 4.69) is 0 Å². The second-order valence-electron chi connectivity index (χ2n) is 2.56. The van der Waals surface area contributed by atoms with Crippen LogP contribution in [0.5, 0.6) is 0 Å². The van der Waals surface area contributed by atoms with Crippen molar-refractivity contribution in [2.24, 2.45) is 5.73 Å². The fraction of sp³-hybridized carbons (Fsp3) is 0.250. The average Bonchev–Trinajstić information content (AvgIpc) is 2.12. The molecule has 1 atom stereocenters. The third-order valence-electron chi connectivity index (χ3n) is 1.60. The number of hydrogen-bond donors (Lipinski definition) is 1. The van der Waals surface area contributed by atoms with Crippen molar-refractivity contribution in [3.8, 4) is 0 Å². The lowest BCUT2D eigenvalue weighted by Crippen LogP contribution is -2.13. The topological polar surface area (TPSA) is 26.0 Å². The summed E-state index contributed by atoms with van der Waals surface area (Å²) in [5.41, 5.74) is 5.05. The van der Waals surface area contributed by atoms with E-state index in [1.807, 2.05) is 0 Å². The van der Waals surface area contributed by atoms with Gasteiger partial charge in [-0.25, -0.2) is 17.6 Å². The van der Waals surface area contributed by atoms with E-state index in [-0.39, 0.29) is 18.0 Å². The SMILES string of the molecule is Cl.N[C@@H](CF)c1cc(F)c(F)c(F)c1. The van der Waals surface area contributed by atoms with Gasteiger partial charge in [-0.05, 0) is 17.7 Å². The summed E-state index contributed by atoms with van der Waals surface area (Å²) in [7, 11) is 0. The number of benzene rings is 1. The second-order valence-corrected chi connectivity index (χ2v) is 2.56. The van der Waals surface area contributed by atoms with Gasteiger partial charge in [0.05, 0.1) is 6.04 Å². The molecule has 0 saturated carbocycles. The lowest BCUT2D eigenvalue weighted by Gasteiger charge is -2.07. The lowest BCUT2D eigenvalue weighted by atomic mass is 10.1. The van der Waals surface area contributed by atoms with E-state index in [1.54, 1.807) is 0 Å². The Labute approximate surface area is 84.3 Å². The molecule has 1 aromatic carbocycles. The van der Waals surface area contributed by atoms with E-state index in [0.717, 1.165) is 0 Å². The Morgan fingerprint density at radius 3 is 1.93 bits per heavy atom. The standard InChI is InChI=1S/C8H7F4N.ClH/c9-3-7(13)4-1-5(10)8(12)6(11)2-4;/h1-2,7H,3,13H2;1H/t7-;/m0./s1. The Kier molecular flexibility index (Phi) is 4.87. The first-order valence-corrected chi connectivity index (χ1v) is 3.52. The molecule has 80 valence electrons. The molecule has 0 unspecified atom stereocenters. The Morgan fingerprint density at radius 2 is 1.57 bits per heavy atom. The Balaban J connectivity index is 0.00000169. The van der Waals surface area contributed by atoms with E-state index in [4.69, 9.17) is 5.73 Å². The van der Waals surface area contributed by atoms with Gasteiger partial charge in [0.2, 0.25) is 0 Å². The van der Waals surface area contributed by atoms with Gasteiger partial charge in [0.15, 0.2) is 17.5 Å². The molecule has 0 amide bonds. The fourth-order valence-corrected chi connectivity index (χ4v) is 0.878. The maximum Gasteiger partial charge on any atom is 0.194 e. The largest absolute Gasteiger partial charge is 0.322 e. The molecule has 0 heterocycles. The maximum atomic E-state index is 12.5. The number of hydrogen-bond acceptors (Lipinski definition) is 1. The van der Waals surface area contributed by atoms with Crippen LogP contribution in [-0.4, -0.2) is 6.67 Å². The van der Waals surface area contributed by atoms with Crippen LogP contribution in [0.15, 0.2) is 12.1 Å². The Morgan fingerprint density at radius 1 is 1.14 bits per heavy atom. The molecule has 0 fully saturated rings. The van der Waals surface area contributed by atoms with Crippen molar-refractivity contribution in [3.05, 3.63) is 35.1 Å². The van der Waals surface area contributed by atoms with Gasteiger partial charge >= 0.3 is 0 Å². The normalized spacial score (nSPS) is 12.1. The Bertz CT molecular complexity index is 295. The number of nitrogens with two attached hydrogens (primary N) is 1. The molecule has 1 rings (SSSR count). The van der Waals surface area contributed by atoms with Crippen LogP contribution in [0.25, 0.3) is 0 Å². The zero-order valence-corrected chi connectivity index (χ0v) is 7.75. The summed E-state index contributed by atoms with van der Waals surface area (Å²) in [6.07, 6.45) is 0. The summed E-state index contributed by atoms with van der Waals surface area (Å²) in [6.45, 7) is -0.954. The van der Waals surface area contributed by atoms with Crippen LogP contribution in [0.4, 0.5) is 17.6 Å². The monoisotopic (exact) mass is 229 g/mol. The Hall–Kier alpha value is -0.810. The highest BCUT2D eigenvalue weighted by atomic mass is 35.5. The van der Waals surface area contributed by atoms with Crippen molar-refractivity contribution in [2.45, 2.75) is 6.04 Å². The van der Waals surface area contributed by atoms with Crippen molar-refractivity contribution in [1.29, 1.82) is 0 Å². The first-order valence-electron chi connectivity index (χ1n) is 3.52. The molecule has 2 N–H and O–H groups in total. The molecular formula is C8H8ClF4N. The van der Waals surface area contributed by atoms with Gasteiger partial charge in [0.25, 0.3) is 0 Å². The van der Waals surface area contributed by atoms with E-state index in [1.165, 1.54) is 0 Å². The third kappa shape index (κ3) is 2.59. The zero-order valence-electron chi connectivity index (χ0n) is 6.94. The van der Waals surface area contributed by atoms with Gasteiger partial charge in [-0.15, -0.1) is 12.4 Å². The van der Waals surface area contributed by atoms with Gasteiger partial charge in [-0.2, -0.15) is 0 Å². The summed E-state index contributed by atoms with van der Waals surface area (Å²) < 4.78 is 49.5. The minimum atomic E-state index is -1.57. The molecule has 0 saturated heterocycles. The molecule has 0 radical (unpaired) electrons. The highest BCUT2D eigenvalue weighted by Crippen LogP contribution is 2.17. The molecule has 1 aromatic rings. The lowest BCUT2D eigenvalue weighted by molar-refractivity contribution is 0.421. The molecule has 1 nitrogen and oxygen atoms in total. The molecule has 0 spiro atoms. The molecule has 6 heteroatoms. The van der Waals surface area contributed by atoms with Crippen LogP contribution in [-0.2, 0) is 0 Å². The molecule has 0 aliphatic carbocycles. The van der Waals surface area contributed by atoms with Gasteiger partial charge in [0.1, 0.15) is 6.67 Å². The van der Waals surface area contributed by atoms with Crippen LogP contribution in [0.3, 0.4) is 0 Å². The number of halogens is 5. The van der Waals surface area contributed by atoms with Gasteiger partial charge < -0.3 is 5.73 Å².